The third kappa shape index (κ3) is 6.51. The number of allylic oxidation sites excluding steroid dienone is 3. The number of hydrogen-bond donors (Lipinski definition) is 2. The SMILES string of the molecule is CC1C=C(Nc2cccc(C(F)(F)I)c2)C=CC1/C=N/Nc1ncc(F)c(N2CCOCC2C)n1. The maximum Gasteiger partial charge on any atom is 0.321 e. The average molecular weight is 598 g/mol. The van der Waals surface area contributed by atoms with Crippen molar-refractivity contribution in [3.8, 4) is 0 Å². The van der Waals surface area contributed by atoms with E-state index in [2.05, 4.69) is 25.8 Å². The van der Waals surface area contributed by atoms with Crippen molar-refractivity contribution >= 4 is 46.3 Å². The van der Waals surface area contributed by atoms with Crippen LogP contribution < -0.4 is 15.6 Å². The fourth-order valence-electron chi connectivity index (χ4n) is 3.88. The van der Waals surface area contributed by atoms with Crippen LogP contribution in [0.25, 0.3) is 0 Å². The van der Waals surface area contributed by atoms with Crippen molar-refractivity contribution < 1.29 is 17.9 Å². The lowest BCUT2D eigenvalue weighted by molar-refractivity contribution is 0.0981. The van der Waals surface area contributed by atoms with Crippen molar-refractivity contribution in [3.05, 3.63) is 65.8 Å². The minimum atomic E-state index is -2.93. The Balaban J connectivity index is 1.37. The molecule has 186 valence electrons. The number of ether oxygens (including phenoxy) is 1. The molecule has 0 bridgehead atoms. The Morgan fingerprint density at radius 2 is 2.14 bits per heavy atom. The third-order valence-corrected chi connectivity index (χ3v) is 6.43. The van der Waals surface area contributed by atoms with E-state index >= 15 is 0 Å². The number of rotatable bonds is 7. The van der Waals surface area contributed by atoms with Gasteiger partial charge in [-0.15, -0.1) is 0 Å². The number of nitrogens with zero attached hydrogens (tertiary/aromatic N) is 4. The number of hydrogen-bond acceptors (Lipinski definition) is 7. The maximum atomic E-state index is 14.3. The minimum absolute atomic E-state index is 0.00255. The first-order valence-corrected chi connectivity index (χ1v) is 12.3. The second-order valence-corrected chi connectivity index (χ2v) is 9.85. The topological polar surface area (TPSA) is 74.7 Å². The summed E-state index contributed by atoms with van der Waals surface area (Å²) in [6.07, 6.45) is 8.74. The van der Waals surface area contributed by atoms with Crippen molar-refractivity contribution in [2.24, 2.45) is 16.9 Å². The average Bonchev–Trinajstić information content (AvgIpc) is 2.82. The number of benzene rings is 1. The van der Waals surface area contributed by atoms with Crippen LogP contribution in [0.2, 0.25) is 0 Å². The fourth-order valence-corrected chi connectivity index (χ4v) is 4.22. The molecular weight excluding hydrogens is 572 g/mol. The van der Waals surface area contributed by atoms with E-state index in [1.165, 1.54) is 12.1 Å². The van der Waals surface area contributed by atoms with Crippen molar-refractivity contribution in [2.45, 2.75) is 23.8 Å². The zero-order valence-corrected chi connectivity index (χ0v) is 21.4. The molecule has 3 unspecified atom stereocenters. The van der Waals surface area contributed by atoms with Gasteiger partial charge in [-0.2, -0.15) is 18.9 Å². The van der Waals surface area contributed by atoms with Gasteiger partial charge in [-0.3, -0.25) is 0 Å². The first kappa shape index (κ1) is 25.4. The predicted octanol–water partition coefficient (Wildman–Crippen LogP) is 5.54. The Morgan fingerprint density at radius 1 is 1.31 bits per heavy atom. The minimum Gasteiger partial charge on any atom is -0.377 e. The van der Waals surface area contributed by atoms with E-state index in [0.29, 0.717) is 25.4 Å². The van der Waals surface area contributed by atoms with Gasteiger partial charge in [0.25, 0.3) is 0 Å². The largest absolute Gasteiger partial charge is 0.377 e. The second-order valence-electron chi connectivity index (χ2n) is 8.49. The number of halogens is 4. The van der Waals surface area contributed by atoms with E-state index in [4.69, 9.17) is 4.74 Å². The number of aromatic nitrogens is 2. The first-order valence-electron chi connectivity index (χ1n) is 11.2. The van der Waals surface area contributed by atoms with Gasteiger partial charge in [-0.05, 0) is 31.1 Å². The zero-order chi connectivity index (χ0) is 25.0. The maximum absolute atomic E-state index is 14.3. The van der Waals surface area contributed by atoms with Gasteiger partial charge >= 0.3 is 3.93 Å². The molecule has 4 rings (SSSR count). The van der Waals surface area contributed by atoms with Crippen LogP contribution in [0, 0.1) is 17.7 Å². The molecule has 2 aromatic rings. The highest BCUT2D eigenvalue weighted by Crippen LogP contribution is 2.36. The van der Waals surface area contributed by atoms with Gasteiger partial charge in [0.1, 0.15) is 0 Å². The molecule has 1 saturated heterocycles. The summed E-state index contributed by atoms with van der Waals surface area (Å²) < 4.78 is 44.0. The number of anilines is 3. The molecule has 11 heteroatoms. The van der Waals surface area contributed by atoms with Crippen LogP contribution >= 0.6 is 22.6 Å². The van der Waals surface area contributed by atoms with Crippen LogP contribution in [0.4, 0.5) is 30.6 Å². The van der Waals surface area contributed by atoms with Crippen LogP contribution in [0.15, 0.2) is 59.5 Å². The highest BCUT2D eigenvalue weighted by Gasteiger charge is 2.27. The summed E-state index contributed by atoms with van der Waals surface area (Å²) >= 11 is 1.12. The lowest BCUT2D eigenvalue weighted by Crippen LogP contribution is -2.44. The summed E-state index contributed by atoms with van der Waals surface area (Å²) in [6.45, 7) is 5.56. The molecule has 7 nitrogen and oxygen atoms in total. The molecule has 1 aliphatic carbocycles. The summed E-state index contributed by atoms with van der Waals surface area (Å²) in [5, 5.41) is 7.43. The van der Waals surface area contributed by atoms with E-state index in [1.807, 2.05) is 37.0 Å². The van der Waals surface area contributed by atoms with E-state index in [0.717, 1.165) is 34.5 Å². The smallest absolute Gasteiger partial charge is 0.321 e. The number of hydrazone groups is 1. The van der Waals surface area contributed by atoms with Crippen LogP contribution in [0.3, 0.4) is 0 Å². The van der Waals surface area contributed by atoms with Crippen LogP contribution in [-0.2, 0) is 8.67 Å². The van der Waals surface area contributed by atoms with Crippen LogP contribution in [0.1, 0.15) is 19.4 Å². The number of alkyl halides is 3. The van der Waals surface area contributed by atoms with Gasteiger partial charge in [-0.1, -0.05) is 31.2 Å². The van der Waals surface area contributed by atoms with Crippen molar-refractivity contribution in [1.29, 1.82) is 0 Å². The molecular formula is C24H26F3IN6O. The highest BCUT2D eigenvalue weighted by molar-refractivity contribution is 14.1. The molecule has 3 atom stereocenters. The number of nitrogens with one attached hydrogen (secondary N) is 2. The quantitative estimate of drug-likeness (QED) is 0.189. The van der Waals surface area contributed by atoms with E-state index in [9.17, 15) is 13.2 Å². The fraction of sp³-hybridized carbons (Fsp3) is 0.375. The van der Waals surface area contributed by atoms with Gasteiger partial charge in [0.15, 0.2) is 11.6 Å². The molecule has 35 heavy (non-hydrogen) atoms. The number of morpholine rings is 1. The molecule has 1 aromatic heterocycles. The summed E-state index contributed by atoms with van der Waals surface area (Å²) in [5.74, 6) is 0.0320. The van der Waals surface area contributed by atoms with Crippen LogP contribution in [0.5, 0.6) is 0 Å². The first-order chi connectivity index (χ1) is 16.7. The molecule has 0 saturated carbocycles. The Morgan fingerprint density at radius 3 is 2.89 bits per heavy atom. The van der Waals surface area contributed by atoms with Crippen molar-refractivity contribution in [2.75, 3.05) is 35.4 Å². The van der Waals surface area contributed by atoms with Crippen LogP contribution in [-0.4, -0.2) is 42.0 Å². The lowest BCUT2D eigenvalue weighted by Gasteiger charge is -2.34. The van der Waals surface area contributed by atoms with Crippen molar-refractivity contribution in [1.82, 2.24) is 9.97 Å². The van der Waals surface area contributed by atoms with Gasteiger partial charge in [0, 0.05) is 58.2 Å². The summed E-state index contributed by atoms with van der Waals surface area (Å²) in [5.41, 5.74) is 4.14. The predicted molar refractivity (Wildman–Crippen MR) is 140 cm³/mol. The Bertz CT molecular complexity index is 1140. The molecule has 1 aliphatic heterocycles. The van der Waals surface area contributed by atoms with Gasteiger partial charge in [-0.25, -0.2) is 14.8 Å². The molecule has 2 heterocycles. The third-order valence-electron chi connectivity index (χ3n) is 5.80. The molecule has 0 spiro atoms. The molecule has 1 aromatic carbocycles. The summed E-state index contributed by atoms with van der Waals surface area (Å²) in [4.78, 5) is 10.1. The Labute approximate surface area is 215 Å². The van der Waals surface area contributed by atoms with E-state index in [-0.39, 0.29) is 35.2 Å². The molecule has 0 radical (unpaired) electrons. The summed E-state index contributed by atoms with van der Waals surface area (Å²) in [6, 6.07) is 6.20. The highest BCUT2D eigenvalue weighted by atomic mass is 127. The Kier molecular flexibility index (Phi) is 7.95. The van der Waals surface area contributed by atoms with Crippen molar-refractivity contribution in [3.63, 3.8) is 0 Å². The van der Waals surface area contributed by atoms with Gasteiger partial charge < -0.3 is 15.0 Å². The molecule has 1 fully saturated rings. The Hall–Kier alpha value is -2.67. The van der Waals surface area contributed by atoms with E-state index in [1.54, 1.807) is 18.3 Å². The summed E-state index contributed by atoms with van der Waals surface area (Å²) in [7, 11) is 0. The van der Waals surface area contributed by atoms with E-state index < -0.39 is 9.75 Å². The standard InChI is InChI=1S/C24H26F3IN6O/c1-15-10-20(31-19-5-3-4-18(11-19)24(26,27)28)7-6-17(15)12-30-33-23-29-13-21(25)22(32-23)34-8-9-35-14-16(34)2/h3-7,10-13,15-17,31H,8-9,14H2,1-2H3,(H,29,32,33)/b30-12+. The monoisotopic (exact) mass is 598 g/mol. The second kappa shape index (κ2) is 10.9. The normalized spacial score (nSPS) is 22.9. The zero-order valence-electron chi connectivity index (χ0n) is 19.3. The molecule has 2 N–H and O–H groups in total. The van der Waals surface area contributed by atoms with Gasteiger partial charge in [0.2, 0.25) is 5.95 Å². The molecule has 0 amide bonds. The van der Waals surface area contributed by atoms with Gasteiger partial charge in [0.05, 0.1) is 25.5 Å². The molecule has 2 aliphatic rings. The lowest BCUT2D eigenvalue weighted by atomic mass is 9.90.